The van der Waals surface area contributed by atoms with E-state index in [0.717, 1.165) is 12.8 Å². The minimum atomic E-state index is -0.232. The minimum Gasteiger partial charge on any atom is -0.463 e. The first-order valence-corrected chi connectivity index (χ1v) is 4.59. The molecule has 70 valence electrons. The van der Waals surface area contributed by atoms with Gasteiger partial charge in [-0.25, -0.2) is 4.79 Å². The van der Waals surface area contributed by atoms with E-state index in [9.17, 15) is 4.79 Å². The number of carbonyl (C=O) groups excluding carboxylic acids is 1. The maximum absolute atomic E-state index is 10.9. The number of rotatable bonds is 5. The molecular weight excluding hydrogens is 152 g/mol. The molecule has 0 heterocycles. The lowest BCUT2D eigenvalue weighted by Gasteiger charge is -2.04. The van der Waals surface area contributed by atoms with E-state index in [2.05, 4.69) is 13.8 Å². The normalized spacial score (nSPS) is 11.0. The molecule has 0 aromatic carbocycles. The predicted molar refractivity (Wildman–Crippen MR) is 49.8 cm³/mol. The average molecular weight is 170 g/mol. The van der Waals surface area contributed by atoms with Crippen molar-refractivity contribution in [1.29, 1.82) is 0 Å². The van der Waals surface area contributed by atoms with Crippen LogP contribution in [0.2, 0.25) is 0 Å². The van der Waals surface area contributed by atoms with Crippen molar-refractivity contribution >= 4 is 5.97 Å². The molecule has 0 radical (unpaired) electrons. The van der Waals surface area contributed by atoms with Crippen molar-refractivity contribution in [2.24, 2.45) is 5.92 Å². The van der Waals surface area contributed by atoms with Crippen LogP contribution in [0.5, 0.6) is 0 Å². The summed E-state index contributed by atoms with van der Waals surface area (Å²) in [6.07, 6.45) is 5.61. The maximum atomic E-state index is 10.9. The highest BCUT2D eigenvalue weighted by molar-refractivity contribution is 5.81. The van der Waals surface area contributed by atoms with Crippen LogP contribution in [-0.4, -0.2) is 12.6 Å². The molecule has 0 aromatic rings. The third-order valence-electron chi connectivity index (χ3n) is 1.84. The maximum Gasteiger partial charge on any atom is 0.330 e. The van der Waals surface area contributed by atoms with Gasteiger partial charge in [-0.05, 0) is 25.7 Å². The first kappa shape index (κ1) is 11.2. The van der Waals surface area contributed by atoms with Gasteiger partial charge in [0.05, 0.1) is 6.61 Å². The van der Waals surface area contributed by atoms with Crippen molar-refractivity contribution in [1.82, 2.24) is 0 Å². The van der Waals surface area contributed by atoms with Crippen molar-refractivity contribution in [2.45, 2.75) is 33.6 Å². The molecule has 0 saturated heterocycles. The summed E-state index contributed by atoms with van der Waals surface area (Å²) < 4.78 is 4.76. The summed E-state index contributed by atoms with van der Waals surface area (Å²) in [7, 11) is 0. The van der Waals surface area contributed by atoms with Gasteiger partial charge >= 0.3 is 5.97 Å². The van der Waals surface area contributed by atoms with Gasteiger partial charge in [-0.3, -0.25) is 0 Å². The Morgan fingerprint density at radius 2 is 1.92 bits per heavy atom. The molecule has 0 aromatic heterocycles. The smallest absolute Gasteiger partial charge is 0.330 e. The van der Waals surface area contributed by atoms with Gasteiger partial charge in [0, 0.05) is 6.08 Å². The van der Waals surface area contributed by atoms with Crippen molar-refractivity contribution in [2.75, 3.05) is 6.61 Å². The zero-order valence-corrected chi connectivity index (χ0v) is 8.17. The van der Waals surface area contributed by atoms with Gasteiger partial charge in [-0.1, -0.05) is 19.9 Å². The molecule has 0 aliphatic rings. The molecule has 0 spiro atoms. The third kappa shape index (κ3) is 4.94. The molecule has 0 aliphatic carbocycles. The van der Waals surface area contributed by atoms with Crippen LogP contribution in [0.15, 0.2) is 12.2 Å². The third-order valence-corrected chi connectivity index (χ3v) is 1.84. The van der Waals surface area contributed by atoms with Crippen LogP contribution in [0.1, 0.15) is 33.6 Å². The number of ether oxygens (including phenoxy) is 1. The van der Waals surface area contributed by atoms with Crippen molar-refractivity contribution in [3.8, 4) is 0 Å². The lowest BCUT2D eigenvalue weighted by Crippen LogP contribution is -2.00. The molecule has 2 heteroatoms. The standard InChI is InChI=1S/C10H18O2/c1-4-9(5-2)7-8-10(11)12-6-3/h7-9H,4-6H2,1-3H3/b8-7+. The summed E-state index contributed by atoms with van der Waals surface area (Å²) in [6.45, 7) is 6.49. The van der Waals surface area contributed by atoms with Crippen LogP contribution in [0.4, 0.5) is 0 Å². The number of allylic oxidation sites excluding steroid dienone is 1. The van der Waals surface area contributed by atoms with Gasteiger partial charge in [0.15, 0.2) is 0 Å². The summed E-state index contributed by atoms with van der Waals surface area (Å²) in [5.41, 5.74) is 0. The van der Waals surface area contributed by atoms with E-state index in [1.54, 1.807) is 0 Å². The van der Waals surface area contributed by atoms with Gasteiger partial charge < -0.3 is 4.74 Å². The van der Waals surface area contributed by atoms with E-state index < -0.39 is 0 Å². The van der Waals surface area contributed by atoms with E-state index >= 15 is 0 Å². The highest BCUT2D eigenvalue weighted by atomic mass is 16.5. The van der Waals surface area contributed by atoms with Crippen LogP contribution in [-0.2, 0) is 9.53 Å². The molecule has 0 rings (SSSR count). The summed E-state index contributed by atoms with van der Waals surface area (Å²) in [5, 5.41) is 0. The molecule has 0 aliphatic heterocycles. The van der Waals surface area contributed by atoms with Crippen LogP contribution >= 0.6 is 0 Å². The second-order valence-corrected chi connectivity index (χ2v) is 2.69. The highest BCUT2D eigenvalue weighted by Gasteiger charge is 1.99. The topological polar surface area (TPSA) is 26.3 Å². The van der Waals surface area contributed by atoms with E-state index in [1.165, 1.54) is 6.08 Å². The highest BCUT2D eigenvalue weighted by Crippen LogP contribution is 2.08. The molecule has 0 bridgehead atoms. The Kier molecular flexibility index (Phi) is 6.44. The molecule has 2 nitrogen and oxygen atoms in total. The molecule has 0 atom stereocenters. The van der Waals surface area contributed by atoms with E-state index in [0.29, 0.717) is 12.5 Å². The van der Waals surface area contributed by atoms with Gasteiger partial charge in [0.1, 0.15) is 0 Å². The summed E-state index contributed by atoms with van der Waals surface area (Å²) in [5.74, 6) is 0.277. The quantitative estimate of drug-likeness (QED) is 0.468. The van der Waals surface area contributed by atoms with Gasteiger partial charge in [-0.2, -0.15) is 0 Å². The van der Waals surface area contributed by atoms with Crippen molar-refractivity contribution in [3.63, 3.8) is 0 Å². The van der Waals surface area contributed by atoms with Gasteiger partial charge in [0.25, 0.3) is 0 Å². The molecular formula is C10H18O2. The Morgan fingerprint density at radius 1 is 1.33 bits per heavy atom. The lowest BCUT2D eigenvalue weighted by molar-refractivity contribution is -0.137. The second kappa shape index (κ2) is 6.89. The Bertz CT molecular complexity index is 146. The van der Waals surface area contributed by atoms with Gasteiger partial charge in [0.2, 0.25) is 0 Å². The molecule has 0 fully saturated rings. The minimum absolute atomic E-state index is 0.232. The number of carbonyl (C=O) groups is 1. The fraction of sp³-hybridized carbons (Fsp3) is 0.700. The fourth-order valence-electron chi connectivity index (χ4n) is 0.966. The van der Waals surface area contributed by atoms with E-state index in [4.69, 9.17) is 4.74 Å². The summed E-state index contributed by atoms with van der Waals surface area (Å²) in [6, 6.07) is 0. The van der Waals surface area contributed by atoms with Crippen LogP contribution in [0.25, 0.3) is 0 Å². The Hall–Kier alpha value is -0.790. The van der Waals surface area contributed by atoms with Crippen LogP contribution in [0, 0.1) is 5.92 Å². The Balaban J connectivity index is 3.78. The van der Waals surface area contributed by atoms with E-state index in [1.807, 2.05) is 13.0 Å². The molecule has 0 saturated carbocycles. The largest absolute Gasteiger partial charge is 0.463 e. The zero-order chi connectivity index (χ0) is 9.40. The SMILES string of the molecule is CCOC(=O)/C=C/C(CC)CC. The first-order chi connectivity index (χ1) is 5.74. The van der Waals surface area contributed by atoms with Crippen molar-refractivity contribution < 1.29 is 9.53 Å². The molecule has 0 amide bonds. The van der Waals surface area contributed by atoms with Crippen LogP contribution in [0.3, 0.4) is 0 Å². The molecule has 0 unspecified atom stereocenters. The summed E-state index contributed by atoms with van der Waals surface area (Å²) >= 11 is 0. The summed E-state index contributed by atoms with van der Waals surface area (Å²) in [4.78, 5) is 10.9. The van der Waals surface area contributed by atoms with E-state index in [-0.39, 0.29) is 5.97 Å². The monoisotopic (exact) mass is 170 g/mol. The lowest BCUT2D eigenvalue weighted by atomic mass is 10.0. The number of esters is 1. The molecule has 0 N–H and O–H groups in total. The number of hydrogen-bond donors (Lipinski definition) is 0. The fourth-order valence-corrected chi connectivity index (χ4v) is 0.966. The zero-order valence-electron chi connectivity index (χ0n) is 8.17. The first-order valence-electron chi connectivity index (χ1n) is 4.59. The van der Waals surface area contributed by atoms with Crippen molar-refractivity contribution in [3.05, 3.63) is 12.2 Å². The second-order valence-electron chi connectivity index (χ2n) is 2.69. The average Bonchev–Trinajstić information content (AvgIpc) is 2.07. The Morgan fingerprint density at radius 3 is 2.33 bits per heavy atom. The predicted octanol–water partition coefficient (Wildman–Crippen LogP) is 2.54. The number of hydrogen-bond acceptors (Lipinski definition) is 2. The van der Waals surface area contributed by atoms with Gasteiger partial charge in [-0.15, -0.1) is 0 Å². The Labute approximate surface area is 74.6 Å². The molecule has 12 heavy (non-hydrogen) atoms. The van der Waals surface area contributed by atoms with Crippen LogP contribution < -0.4 is 0 Å².